The maximum Gasteiger partial charge on any atom is 0.340 e. The van der Waals surface area contributed by atoms with Crippen molar-refractivity contribution in [1.29, 1.82) is 0 Å². The van der Waals surface area contributed by atoms with Crippen LogP contribution in [0.1, 0.15) is 35.6 Å². The first-order valence-corrected chi connectivity index (χ1v) is 6.52. The maximum absolute atomic E-state index is 11.7. The Morgan fingerprint density at radius 2 is 2.10 bits per heavy atom. The largest absolute Gasteiger partial charge is 0.465 e. The molecule has 0 unspecified atom stereocenters. The van der Waals surface area contributed by atoms with E-state index in [1.165, 1.54) is 13.3 Å². The molecule has 0 amide bonds. The highest BCUT2D eigenvalue weighted by Gasteiger charge is 2.15. The quantitative estimate of drug-likeness (QED) is 0.859. The molecule has 2 rings (SSSR count). The van der Waals surface area contributed by atoms with Crippen molar-refractivity contribution in [3.05, 3.63) is 35.3 Å². The Kier molecular flexibility index (Phi) is 4.02. The summed E-state index contributed by atoms with van der Waals surface area (Å²) in [5.74, 6) is 0.0863. The third-order valence-electron chi connectivity index (χ3n) is 3.10. The predicted molar refractivity (Wildman–Crippen MR) is 75.9 cm³/mol. The number of ether oxygens (including phenoxy) is 1. The molecule has 106 valence electrons. The minimum atomic E-state index is -0.480. The van der Waals surface area contributed by atoms with Gasteiger partial charge < -0.3 is 10.5 Å². The molecular weight excluding hydrogens is 256 g/mol. The van der Waals surface area contributed by atoms with E-state index in [9.17, 15) is 4.79 Å². The van der Waals surface area contributed by atoms with Gasteiger partial charge in [0.25, 0.3) is 0 Å². The second kappa shape index (κ2) is 5.73. The van der Waals surface area contributed by atoms with Crippen LogP contribution in [0.4, 0.5) is 5.69 Å². The highest BCUT2D eigenvalue weighted by Crippen LogP contribution is 2.18. The van der Waals surface area contributed by atoms with Crippen LogP contribution in [-0.2, 0) is 17.6 Å². The number of pyridine rings is 1. The molecule has 0 fully saturated rings. The van der Waals surface area contributed by atoms with Crippen LogP contribution in [0.3, 0.4) is 0 Å². The summed E-state index contributed by atoms with van der Waals surface area (Å²) in [4.78, 5) is 15.9. The molecule has 0 bridgehead atoms. The van der Waals surface area contributed by atoms with Crippen LogP contribution in [0.25, 0.3) is 5.82 Å². The van der Waals surface area contributed by atoms with Crippen molar-refractivity contribution in [3.8, 4) is 5.82 Å². The molecule has 6 nitrogen and oxygen atoms in total. The topological polar surface area (TPSA) is 83.0 Å². The Bertz CT molecular complexity index is 634. The molecule has 2 aromatic heterocycles. The first-order chi connectivity index (χ1) is 9.60. The number of nitrogen functional groups attached to an aromatic ring is 1. The number of nitrogens with zero attached hydrogens (tertiary/aromatic N) is 3. The molecule has 2 aromatic rings. The number of aryl methyl sites for hydroxylation is 2. The van der Waals surface area contributed by atoms with Crippen LogP contribution < -0.4 is 5.73 Å². The number of esters is 1. The summed E-state index contributed by atoms with van der Waals surface area (Å²) in [6.07, 6.45) is 3.12. The average Bonchev–Trinajstić information content (AvgIpc) is 2.90. The van der Waals surface area contributed by atoms with Crippen molar-refractivity contribution in [2.75, 3.05) is 12.8 Å². The highest BCUT2D eigenvalue weighted by atomic mass is 16.5. The van der Waals surface area contributed by atoms with E-state index in [4.69, 9.17) is 10.5 Å². The van der Waals surface area contributed by atoms with E-state index < -0.39 is 5.97 Å². The summed E-state index contributed by atoms with van der Waals surface area (Å²) in [7, 11) is 1.32. The van der Waals surface area contributed by atoms with Gasteiger partial charge in [-0.3, -0.25) is 0 Å². The van der Waals surface area contributed by atoms with Crippen molar-refractivity contribution in [1.82, 2.24) is 14.8 Å². The standard InChI is InChI=1S/C14H18N4O2/c1-4-9-6-10(5-2)18(17-9)13-7-11(14(19)20-3)12(15)8-16-13/h6-8H,4-5,15H2,1-3H3. The molecule has 0 radical (unpaired) electrons. The molecule has 0 saturated heterocycles. The molecule has 2 N–H and O–H groups in total. The second-order valence-corrected chi connectivity index (χ2v) is 4.37. The Balaban J connectivity index is 2.53. The molecule has 6 heteroatoms. The van der Waals surface area contributed by atoms with Gasteiger partial charge in [0, 0.05) is 5.69 Å². The van der Waals surface area contributed by atoms with Gasteiger partial charge in [0.2, 0.25) is 0 Å². The van der Waals surface area contributed by atoms with E-state index in [0.717, 1.165) is 24.2 Å². The van der Waals surface area contributed by atoms with Gasteiger partial charge in [-0.05, 0) is 25.0 Å². The van der Waals surface area contributed by atoms with E-state index in [1.54, 1.807) is 10.7 Å². The van der Waals surface area contributed by atoms with Crippen molar-refractivity contribution in [2.45, 2.75) is 26.7 Å². The number of rotatable bonds is 4. The Hall–Kier alpha value is -2.37. The van der Waals surface area contributed by atoms with E-state index in [1.807, 2.05) is 19.9 Å². The highest BCUT2D eigenvalue weighted by molar-refractivity contribution is 5.95. The number of aromatic nitrogens is 3. The summed E-state index contributed by atoms with van der Waals surface area (Å²) in [5.41, 5.74) is 8.37. The van der Waals surface area contributed by atoms with Crippen molar-refractivity contribution in [3.63, 3.8) is 0 Å². The fraction of sp³-hybridized carbons (Fsp3) is 0.357. The summed E-state index contributed by atoms with van der Waals surface area (Å²) in [6, 6.07) is 3.64. The SMILES string of the molecule is CCc1cc(CC)n(-c2cc(C(=O)OC)c(N)cn2)n1. The zero-order chi connectivity index (χ0) is 14.7. The van der Waals surface area contributed by atoms with Gasteiger partial charge in [-0.2, -0.15) is 5.10 Å². The lowest BCUT2D eigenvalue weighted by atomic mass is 10.2. The number of carbonyl (C=O) groups is 1. The van der Waals surface area contributed by atoms with Crippen LogP contribution in [0.15, 0.2) is 18.3 Å². The van der Waals surface area contributed by atoms with Gasteiger partial charge in [-0.15, -0.1) is 0 Å². The van der Waals surface area contributed by atoms with Crippen molar-refractivity contribution >= 4 is 11.7 Å². The van der Waals surface area contributed by atoms with Crippen LogP contribution in [-0.4, -0.2) is 27.8 Å². The predicted octanol–water partition coefficient (Wildman–Crippen LogP) is 1.76. The summed E-state index contributed by atoms with van der Waals surface area (Å²) < 4.78 is 6.46. The Morgan fingerprint density at radius 1 is 1.35 bits per heavy atom. The first kappa shape index (κ1) is 14.0. The lowest BCUT2D eigenvalue weighted by Crippen LogP contribution is -2.10. The lowest BCUT2D eigenvalue weighted by molar-refractivity contribution is 0.0602. The van der Waals surface area contributed by atoms with Crippen LogP contribution >= 0.6 is 0 Å². The lowest BCUT2D eigenvalue weighted by Gasteiger charge is -2.08. The van der Waals surface area contributed by atoms with Gasteiger partial charge >= 0.3 is 5.97 Å². The molecule has 2 heterocycles. The second-order valence-electron chi connectivity index (χ2n) is 4.37. The molecule has 20 heavy (non-hydrogen) atoms. The van der Waals surface area contributed by atoms with Gasteiger partial charge in [-0.1, -0.05) is 13.8 Å². The summed E-state index contributed by atoms with van der Waals surface area (Å²) in [5, 5.41) is 4.49. The minimum absolute atomic E-state index is 0.293. The van der Waals surface area contributed by atoms with E-state index in [-0.39, 0.29) is 0 Å². The van der Waals surface area contributed by atoms with Crippen molar-refractivity contribution in [2.24, 2.45) is 0 Å². The van der Waals surface area contributed by atoms with E-state index >= 15 is 0 Å². The monoisotopic (exact) mass is 274 g/mol. The normalized spacial score (nSPS) is 10.6. The van der Waals surface area contributed by atoms with Crippen molar-refractivity contribution < 1.29 is 9.53 Å². The summed E-state index contributed by atoms with van der Waals surface area (Å²) in [6.45, 7) is 4.09. The smallest absolute Gasteiger partial charge is 0.340 e. The third kappa shape index (κ3) is 2.49. The van der Waals surface area contributed by atoms with Gasteiger partial charge in [0.15, 0.2) is 5.82 Å². The molecular formula is C14H18N4O2. The zero-order valence-electron chi connectivity index (χ0n) is 11.9. The molecule has 0 aliphatic carbocycles. The van der Waals surface area contributed by atoms with Gasteiger partial charge in [0.05, 0.1) is 30.3 Å². The van der Waals surface area contributed by atoms with Crippen LogP contribution in [0.2, 0.25) is 0 Å². The van der Waals surface area contributed by atoms with Gasteiger partial charge in [-0.25, -0.2) is 14.5 Å². The average molecular weight is 274 g/mol. The number of carbonyl (C=O) groups excluding carboxylic acids is 1. The molecule has 0 spiro atoms. The number of hydrogen-bond donors (Lipinski definition) is 1. The fourth-order valence-electron chi connectivity index (χ4n) is 1.96. The summed E-state index contributed by atoms with van der Waals surface area (Å²) >= 11 is 0. The van der Waals surface area contributed by atoms with E-state index in [0.29, 0.717) is 17.1 Å². The molecule has 0 saturated carbocycles. The Morgan fingerprint density at radius 3 is 2.70 bits per heavy atom. The molecule has 0 atom stereocenters. The number of anilines is 1. The minimum Gasteiger partial charge on any atom is -0.465 e. The fourth-order valence-corrected chi connectivity index (χ4v) is 1.96. The van der Waals surface area contributed by atoms with Crippen LogP contribution in [0.5, 0.6) is 0 Å². The number of nitrogens with two attached hydrogens (primary N) is 1. The third-order valence-corrected chi connectivity index (χ3v) is 3.10. The molecule has 0 aliphatic rings. The number of methoxy groups -OCH3 is 1. The Labute approximate surface area is 117 Å². The van der Waals surface area contributed by atoms with E-state index in [2.05, 4.69) is 10.1 Å². The first-order valence-electron chi connectivity index (χ1n) is 6.52. The number of hydrogen-bond acceptors (Lipinski definition) is 5. The van der Waals surface area contributed by atoms with Gasteiger partial charge in [0.1, 0.15) is 0 Å². The van der Waals surface area contributed by atoms with Crippen LogP contribution in [0, 0.1) is 0 Å². The molecule has 0 aliphatic heterocycles. The zero-order valence-corrected chi connectivity index (χ0v) is 11.9. The maximum atomic E-state index is 11.7. The molecule has 0 aromatic carbocycles.